The summed E-state index contributed by atoms with van der Waals surface area (Å²) in [5.41, 5.74) is 0.868. The van der Waals surface area contributed by atoms with Crippen LogP contribution in [0.3, 0.4) is 0 Å². The summed E-state index contributed by atoms with van der Waals surface area (Å²) in [6, 6.07) is 3.61. The molecule has 0 bridgehead atoms. The quantitative estimate of drug-likeness (QED) is 0.797. The summed E-state index contributed by atoms with van der Waals surface area (Å²) >= 11 is 3.40. The second kappa shape index (κ2) is 5.70. The lowest BCUT2D eigenvalue weighted by molar-refractivity contribution is -0.112. The van der Waals surface area contributed by atoms with Gasteiger partial charge in [0.1, 0.15) is 0 Å². The molecule has 0 amide bonds. The van der Waals surface area contributed by atoms with Crippen LogP contribution >= 0.6 is 15.9 Å². The number of ether oxygens (including phenoxy) is 2. The van der Waals surface area contributed by atoms with Gasteiger partial charge in [-0.3, -0.25) is 4.79 Å². The van der Waals surface area contributed by atoms with Crippen LogP contribution in [-0.2, 0) is 4.79 Å². The predicted molar refractivity (Wildman–Crippen MR) is 67.0 cm³/mol. The van der Waals surface area contributed by atoms with Crippen molar-refractivity contribution in [1.82, 2.24) is 0 Å². The van der Waals surface area contributed by atoms with Crippen LogP contribution in [-0.4, -0.2) is 20.0 Å². The molecule has 0 atom stereocenters. The molecule has 3 nitrogen and oxygen atoms in total. The van der Waals surface area contributed by atoms with Gasteiger partial charge in [-0.15, -0.1) is 0 Å². The van der Waals surface area contributed by atoms with E-state index in [9.17, 15) is 4.79 Å². The second-order valence-electron chi connectivity index (χ2n) is 3.17. The summed E-state index contributed by atoms with van der Waals surface area (Å²) in [4.78, 5) is 10.8. The number of hydrogen-bond donors (Lipinski definition) is 0. The number of benzene rings is 1. The van der Waals surface area contributed by atoms with E-state index < -0.39 is 0 Å². The fourth-order valence-corrected chi connectivity index (χ4v) is 1.66. The summed E-state index contributed by atoms with van der Waals surface area (Å²) in [6.45, 7) is 1.51. The number of carbonyl (C=O) groups excluding carboxylic acids is 1. The predicted octanol–water partition coefficient (Wildman–Crippen LogP) is 3.07. The van der Waals surface area contributed by atoms with Crippen LogP contribution in [0.5, 0.6) is 11.5 Å². The van der Waals surface area contributed by atoms with Crippen molar-refractivity contribution < 1.29 is 14.3 Å². The van der Waals surface area contributed by atoms with Gasteiger partial charge in [0.25, 0.3) is 0 Å². The molecule has 1 aromatic rings. The molecule has 4 heteroatoms. The van der Waals surface area contributed by atoms with Gasteiger partial charge in [0.2, 0.25) is 0 Å². The largest absolute Gasteiger partial charge is 0.493 e. The van der Waals surface area contributed by atoms with E-state index in [0.29, 0.717) is 11.5 Å². The third-order valence-electron chi connectivity index (χ3n) is 2.00. The highest BCUT2D eigenvalue weighted by Gasteiger charge is 2.07. The van der Waals surface area contributed by atoms with E-state index in [1.54, 1.807) is 26.4 Å². The van der Waals surface area contributed by atoms with Crippen molar-refractivity contribution in [3.8, 4) is 11.5 Å². The van der Waals surface area contributed by atoms with Crippen LogP contribution in [0.1, 0.15) is 12.5 Å². The number of halogens is 1. The molecule has 0 saturated heterocycles. The highest BCUT2D eigenvalue weighted by molar-refractivity contribution is 9.10. The van der Waals surface area contributed by atoms with E-state index in [-0.39, 0.29) is 5.78 Å². The molecule has 0 aliphatic heterocycles. The molecule has 0 spiro atoms. The van der Waals surface area contributed by atoms with Crippen molar-refractivity contribution in [2.45, 2.75) is 6.92 Å². The second-order valence-corrected chi connectivity index (χ2v) is 4.03. The van der Waals surface area contributed by atoms with Gasteiger partial charge < -0.3 is 9.47 Å². The standard InChI is InChI=1S/C12H13BrO3/c1-8(14)4-5-9-6-11(15-2)12(16-3)7-10(9)13/h4-7H,1-3H3/b5-4+. The highest BCUT2D eigenvalue weighted by atomic mass is 79.9. The smallest absolute Gasteiger partial charge is 0.161 e. The number of hydrogen-bond acceptors (Lipinski definition) is 3. The Balaban J connectivity index is 3.16. The SMILES string of the molecule is COc1cc(Br)c(/C=C/C(C)=O)cc1OC. The number of carbonyl (C=O) groups is 1. The Morgan fingerprint density at radius 2 is 1.81 bits per heavy atom. The van der Waals surface area contributed by atoms with Gasteiger partial charge in [0.15, 0.2) is 17.3 Å². The molecule has 0 unspecified atom stereocenters. The molecule has 0 saturated carbocycles. The average molecular weight is 285 g/mol. The van der Waals surface area contributed by atoms with Crippen molar-refractivity contribution in [2.75, 3.05) is 14.2 Å². The third-order valence-corrected chi connectivity index (χ3v) is 2.69. The summed E-state index contributed by atoms with van der Waals surface area (Å²) in [7, 11) is 3.15. The normalized spacial score (nSPS) is 10.5. The maximum atomic E-state index is 10.8. The zero-order chi connectivity index (χ0) is 12.1. The maximum absolute atomic E-state index is 10.8. The third kappa shape index (κ3) is 3.10. The van der Waals surface area contributed by atoms with Crippen LogP contribution in [0.4, 0.5) is 0 Å². The first-order valence-electron chi connectivity index (χ1n) is 4.68. The number of allylic oxidation sites excluding steroid dienone is 1. The summed E-state index contributed by atoms with van der Waals surface area (Å²) < 4.78 is 11.2. The lowest BCUT2D eigenvalue weighted by Crippen LogP contribution is -1.92. The van der Waals surface area contributed by atoms with Crippen molar-refractivity contribution in [3.63, 3.8) is 0 Å². The van der Waals surface area contributed by atoms with Crippen molar-refractivity contribution >= 4 is 27.8 Å². The highest BCUT2D eigenvalue weighted by Crippen LogP contribution is 2.33. The van der Waals surface area contributed by atoms with Crippen molar-refractivity contribution in [2.24, 2.45) is 0 Å². The molecule has 1 rings (SSSR count). The van der Waals surface area contributed by atoms with Crippen LogP contribution < -0.4 is 9.47 Å². The zero-order valence-electron chi connectivity index (χ0n) is 9.41. The van der Waals surface area contributed by atoms with E-state index in [0.717, 1.165) is 10.0 Å². The summed E-state index contributed by atoms with van der Waals surface area (Å²) in [6.07, 6.45) is 3.24. The Kier molecular flexibility index (Phi) is 4.55. The molecule has 16 heavy (non-hydrogen) atoms. The Morgan fingerprint density at radius 3 is 2.31 bits per heavy atom. The summed E-state index contributed by atoms with van der Waals surface area (Å²) in [5, 5.41) is 0. The lowest BCUT2D eigenvalue weighted by Gasteiger charge is -2.09. The van der Waals surface area contributed by atoms with E-state index in [1.807, 2.05) is 6.07 Å². The van der Waals surface area contributed by atoms with Gasteiger partial charge in [-0.2, -0.15) is 0 Å². The molecular weight excluding hydrogens is 272 g/mol. The van der Waals surface area contributed by atoms with Crippen LogP contribution in [0, 0.1) is 0 Å². The fraction of sp³-hybridized carbons (Fsp3) is 0.250. The maximum Gasteiger partial charge on any atom is 0.161 e. The van der Waals surface area contributed by atoms with Gasteiger partial charge in [-0.25, -0.2) is 0 Å². The van der Waals surface area contributed by atoms with Crippen molar-refractivity contribution in [1.29, 1.82) is 0 Å². The zero-order valence-corrected chi connectivity index (χ0v) is 11.0. The molecule has 0 radical (unpaired) electrons. The Morgan fingerprint density at radius 1 is 1.25 bits per heavy atom. The fourth-order valence-electron chi connectivity index (χ4n) is 1.20. The average Bonchev–Trinajstić information content (AvgIpc) is 2.26. The first kappa shape index (κ1) is 12.8. The topological polar surface area (TPSA) is 35.5 Å². The van der Waals surface area contributed by atoms with Crippen molar-refractivity contribution in [3.05, 3.63) is 28.2 Å². The molecule has 0 aromatic heterocycles. The minimum atomic E-state index is 0.00156. The van der Waals surface area contributed by atoms with Crippen LogP contribution in [0.15, 0.2) is 22.7 Å². The minimum Gasteiger partial charge on any atom is -0.493 e. The van der Waals surface area contributed by atoms with Gasteiger partial charge in [-0.05, 0) is 30.7 Å². The molecule has 86 valence electrons. The Labute approximate surface area is 103 Å². The molecule has 0 N–H and O–H groups in total. The first-order chi connectivity index (χ1) is 7.58. The van der Waals surface area contributed by atoms with Crippen LogP contribution in [0.25, 0.3) is 6.08 Å². The minimum absolute atomic E-state index is 0.00156. The monoisotopic (exact) mass is 284 g/mol. The number of methoxy groups -OCH3 is 2. The molecular formula is C12H13BrO3. The van der Waals surface area contributed by atoms with Gasteiger partial charge in [0, 0.05) is 4.47 Å². The first-order valence-corrected chi connectivity index (χ1v) is 5.48. The van der Waals surface area contributed by atoms with Gasteiger partial charge in [-0.1, -0.05) is 22.0 Å². The van der Waals surface area contributed by atoms with E-state index in [4.69, 9.17) is 9.47 Å². The molecule has 0 heterocycles. The summed E-state index contributed by atoms with van der Waals surface area (Å²) in [5.74, 6) is 1.28. The molecule has 0 aliphatic carbocycles. The number of ketones is 1. The molecule has 0 fully saturated rings. The molecule has 1 aromatic carbocycles. The van der Waals surface area contributed by atoms with Gasteiger partial charge in [0.05, 0.1) is 14.2 Å². The van der Waals surface area contributed by atoms with E-state index >= 15 is 0 Å². The van der Waals surface area contributed by atoms with E-state index in [1.165, 1.54) is 13.0 Å². The molecule has 0 aliphatic rings. The Bertz CT molecular complexity index is 425. The Hall–Kier alpha value is -1.29. The van der Waals surface area contributed by atoms with E-state index in [2.05, 4.69) is 15.9 Å². The lowest BCUT2D eigenvalue weighted by atomic mass is 10.1. The number of rotatable bonds is 4. The van der Waals surface area contributed by atoms with Crippen LogP contribution in [0.2, 0.25) is 0 Å². The van der Waals surface area contributed by atoms with Gasteiger partial charge >= 0.3 is 0 Å².